The predicted molar refractivity (Wildman–Crippen MR) is 39.6 cm³/mol. The Morgan fingerprint density at radius 3 is 1.43 bits per heavy atom. The van der Waals surface area contributed by atoms with Gasteiger partial charge in [0.15, 0.2) is 0 Å². The van der Waals surface area contributed by atoms with Crippen molar-refractivity contribution in [3.63, 3.8) is 0 Å². The Balaban J connectivity index is 0.000000249. The fourth-order valence-corrected chi connectivity index (χ4v) is 0.253. The molecule has 0 aliphatic rings. The molecule has 0 saturated heterocycles. The highest BCUT2D eigenvalue weighted by Gasteiger charge is 2.44. The Labute approximate surface area is 77.3 Å². The molecular weight excluding hydrogens is 225 g/mol. The maximum absolute atomic E-state index is 10.7. The first-order chi connectivity index (χ1) is 6.25. The molecule has 1 heterocycles. The molecule has 0 amide bonds. The summed E-state index contributed by atoms with van der Waals surface area (Å²) in [6, 6.07) is 3.65. The molecule has 9 heteroatoms. The Morgan fingerprint density at radius 2 is 1.36 bits per heavy atom. The van der Waals surface area contributed by atoms with Crippen molar-refractivity contribution < 1.29 is 26.1 Å². The second-order valence-electron chi connectivity index (χ2n) is 1.83. The topological polar surface area (TPSA) is 80.2 Å². The number of hydrogen-bond acceptors (Lipinski definition) is 4. The van der Waals surface area contributed by atoms with Crippen molar-refractivity contribution in [3.8, 4) is 0 Å². The molecule has 80 valence electrons. The zero-order valence-electron chi connectivity index (χ0n) is 6.51. The van der Waals surface area contributed by atoms with Gasteiger partial charge in [0, 0.05) is 12.4 Å². The van der Waals surface area contributed by atoms with Gasteiger partial charge >= 0.3 is 15.6 Å². The Morgan fingerprint density at radius 1 is 1.07 bits per heavy atom. The molecule has 0 aromatic carbocycles. The van der Waals surface area contributed by atoms with Gasteiger partial charge in [-0.2, -0.15) is 31.8 Å². The van der Waals surface area contributed by atoms with Crippen LogP contribution in [-0.4, -0.2) is 28.7 Å². The summed E-state index contributed by atoms with van der Waals surface area (Å²) in [6.07, 6.45) is 3.28. The summed E-state index contributed by atoms with van der Waals surface area (Å²) < 4.78 is 57.5. The molecule has 5 nitrogen and oxygen atoms in total. The van der Waals surface area contributed by atoms with Crippen LogP contribution in [0.5, 0.6) is 0 Å². The van der Waals surface area contributed by atoms with Crippen molar-refractivity contribution in [2.75, 3.05) is 0 Å². The van der Waals surface area contributed by atoms with Crippen molar-refractivity contribution in [2.24, 2.45) is 0 Å². The first-order valence-electron chi connectivity index (χ1n) is 3.00. The summed E-state index contributed by atoms with van der Waals surface area (Å²) in [7, 11) is -5.84. The first kappa shape index (κ1) is 12.8. The molecule has 1 aromatic heterocycles. The van der Waals surface area contributed by atoms with Crippen LogP contribution in [0, 0.1) is 0 Å². The van der Waals surface area contributed by atoms with Crippen LogP contribution < -0.4 is 0 Å². The quantitative estimate of drug-likeness (QED) is 0.528. The summed E-state index contributed by atoms with van der Waals surface area (Å²) in [6.45, 7) is 0. The summed E-state index contributed by atoms with van der Waals surface area (Å²) in [5.74, 6) is 0. The van der Waals surface area contributed by atoms with Gasteiger partial charge in [0.2, 0.25) is 0 Å². The summed E-state index contributed by atoms with van der Waals surface area (Å²) in [5.41, 5.74) is -5.53. The molecule has 0 aliphatic carbocycles. The van der Waals surface area contributed by atoms with Gasteiger partial charge in [-0.1, -0.05) is 0 Å². The number of rotatable bonds is 0. The summed E-state index contributed by atoms with van der Waals surface area (Å²) >= 11 is 0. The van der Waals surface area contributed by atoms with Crippen molar-refractivity contribution >= 4 is 10.1 Å². The number of alkyl halides is 3. The molecular formula is C5H5F3N2O3S. The molecule has 0 aliphatic heterocycles. The largest absolute Gasteiger partial charge is 0.522 e. The van der Waals surface area contributed by atoms with Gasteiger partial charge < -0.3 is 0 Å². The van der Waals surface area contributed by atoms with Gasteiger partial charge in [0.1, 0.15) is 0 Å². The van der Waals surface area contributed by atoms with Gasteiger partial charge in [0.25, 0.3) is 0 Å². The average molecular weight is 230 g/mol. The SMILES string of the molecule is O=S(=O)(O)C(F)(F)F.c1ccnnc1. The third-order valence-corrected chi connectivity index (χ3v) is 1.36. The van der Waals surface area contributed by atoms with Crippen molar-refractivity contribution in [1.82, 2.24) is 10.2 Å². The van der Waals surface area contributed by atoms with E-state index in [2.05, 4.69) is 10.2 Å². The van der Waals surface area contributed by atoms with E-state index in [1.807, 2.05) is 12.1 Å². The second kappa shape index (κ2) is 4.86. The molecule has 14 heavy (non-hydrogen) atoms. The summed E-state index contributed by atoms with van der Waals surface area (Å²) in [4.78, 5) is 0. The lowest BCUT2D eigenvalue weighted by Gasteiger charge is -1.97. The van der Waals surface area contributed by atoms with E-state index in [4.69, 9.17) is 13.0 Å². The Hall–Kier alpha value is -1.22. The van der Waals surface area contributed by atoms with Crippen molar-refractivity contribution in [3.05, 3.63) is 24.5 Å². The first-order valence-corrected chi connectivity index (χ1v) is 4.44. The molecule has 0 fully saturated rings. The van der Waals surface area contributed by atoms with E-state index in [-0.39, 0.29) is 0 Å². The van der Waals surface area contributed by atoms with Gasteiger partial charge in [-0.25, -0.2) is 0 Å². The molecule has 0 radical (unpaired) electrons. The van der Waals surface area contributed by atoms with Crippen LogP contribution >= 0.6 is 0 Å². The molecule has 0 atom stereocenters. The van der Waals surface area contributed by atoms with Gasteiger partial charge in [-0.3, -0.25) is 4.55 Å². The third-order valence-electron chi connectivity index (χ3n) is 0.776. The molecule has 0 bridgehead atoms. The van der Waals surface area contributed by atoms with Crippen LogP contribution in [-0.2, 0) is 10.1 Å². The normalized spacial score (nSPS) is 11.4. The molecule has 1 rings (SSSR count). The van der Waals surface area contributed by atoms with Gasteiger partial charge in [0.05, 0.1) is 0 Å². The highest BCUT2D eigenvalue weighted by Crippen LogP contribution is 2.20. The highest BCUT2D eigenvalue weighted by atomic mass is 32.2. The molecule has 1 aromatic rings. The second-order valence-corrected chi connectivity index (χ2v) is 3.25. The Kier molecular flexibility index (Phi) is 4.44. The van der Waals surface area contributed by atoms with Gasteiger partial charge in [-0.15, -0.1) is 0 Å². The lowest BCUT2D eigenvalue weighted by molar-refractivity contribution is -0.0510. The average Bonchev–Trinajstić information content (AvgIpc) is 2.05. The van der Waals surface area contributed by atoms with E-state index in [9.17, 15) is 13.2 Å². The zero-order valence-corrected chi connectivity index (χ0v) is 7.33. The van der Waals surface area contributed by atoms with Crippen LogP contribution in [0.1, 0.15) is 0 Å². The fourth-order valence-electron chi connectivity index (χ4n) is 0.253. The summed E-state index contributed by atoms with van der Waals surface area (Å²) in [5, 5.41) is 7.07. The number of halogens is 3. The highest BCUT2D eigenvalue weighted by molar-refractivity contribution is 7.86. The molecule has 0 unspecified atom stereocenters. The molecule has 1 N–H and O–H groups in total. The van der Waals surface area contributed by atoms with E-state index in [1.54, 1.807) is 12.4 Å². The fraction of sp³-hybridized carbons (Fsp3) is 0.200. The maximum atomic E-state index is 10.7. The zero-order chi connectivity index (χ0) is 11.2. The van der Waals surface area contributed by atoms with Crippen molar-refractivity contribution in [2.45, 2.75) is 5.51 Å². The number of hydrogen-bond donors (Lipinski definition) is 1. The van der Waals surface area contributed by atoms with Crippen LogP contribution in [0.25, 0.3) is 0 Å². The van der Waals surface area contributed by atoms with Crippen LogP contribution in [0.3, 0.4) is 0 Å². The van der Waals surface area contributed by atoms with Gasteiger partial charge in [-0.05, 0) is 12.1 Å². The molecule has 0 spiro atoms. The van der Waals surface area contributed by atoms with E-state index in [0.29, 0.717) is 0 Å². The Bertz CT molecular complexity index is 324. The standard InChI is InChI=1S/C4H4N2.CHF3O3S/c1-2-4-6-5-3-1;2-1(3,4)8(5,6)7/h1-4H;(H,5,6,7). The number of aromatic nitrogens is 2. The number of nitrogens with zero attached hydrogens (tertiary/aromatic N) is 2. The van der Waals surface area contributed by atoms with Crippen molar-refractivity contribution in [1.29, 1.82) is 0 Å². The lowest BCUT2D eigenvalue weighted by atomic mass is 10.6. The van der Waals surface area contributed by atoms with E-state index < -0.39 is 15.6 Å². The lowest BCUT2D eigenvalue weighted by Crippen LogP contribution is -2.21. The predicted octanol–water partition coefficient (Wildman–Crippen LogP) is 0.871. The van der Waals surface area contributed by atoms with E-state index in [1.165, 1.54) is 0 Å². The smallest absolute Gasteiger partial charge is 0.279 e. The van der Waals surface area contributed by atoms with E-state index in [0.717, 1.165) is 0 Å². The van der Waals surface area contributed by atoms with Crippen LogP contribution in [0.15, 0.2) is 24.5 Å². The minimum atomic E-state index is -5.84. The third kappa shape index (κ3) is 5.43. The minimum absolute atomic E-state index is 1.64. The van der Waals surface area contributed by atoms with Crippen LogP contribution in [0.4, 0.5) is 13.2 Å². The van der Waals surface area contributed by atoms with Crippen LogP contribution in [0.2, 0.25) is 0 Å². The molecule has 0 saturated carbocycles. The maximum Gasteiger partial charge on any atom is 0.522 e. The van der Waals surface area contributed by atoms with E-state index >= 15 is 0 Å². The monoisotopic (exact) mass is 230 g/mol. The minimum Gasteiger partial charge on any atom is -0.279 e.